The molecule has 5 nitrogen and oxygen atoms in total. The Hall–Kier alpha value is -2.40. The number of aromatic nitrogens is 1. The molecule has 1 aliphatic rings. The van der Waals surface area contributed by atoms with Crippen LogP contribution in [0.4, 0.5) is 0 Å². The maximum atomic E-state index is 11.8. The van der Waals surface area contributed by atoms with Crippen LogP contribution in [0.2, 0.25) is 0 Å². The van der Waals surface area contributed by atoms with E-state index in [1.807, 2.05) is 36.4 Å². The van der Waals surface area contributed by atoms with Crippen molar-refractivity contribution >= 4 is 5.97 Å². The average molecular weight is 326 g/mol. The van der Waals surface area contributed by atoms with E-state index in [1.54, 1.807) is 19.5 Å². The van der Waals surface area contributed by atoms with Crippen molar-refractivity contribution in [1.29, 1.82) is 0 Å². The van der Waals surface area contributed by atoms with Crippen LogP contribution in [-0.2, 0) is 4.79 Å². The lowest BCUT2D eigenvalue weighted by molar-refractivity contribution is -0.145. The van der Waals surface area contributed by atoms with Crippen molar-refractivity contribution in [3.05, 3.63) is 59.9 Å². The number of likely N-dealkylation sites (tertiary alicyclic amines) is 1. The summed E-state index contributed by atoms with van der Waals surface area (Å²) in [6, 6.07) is 11.1. The zero-order valence-corrected chi connectivity index (χ0v) is 13.8. The number of nitrogens with zero attached hydrogens (tertiary/aromatic N) is 2. The van der Waals surface area contributed by atoms with Crippen LogP contribution in [0.1, 0.15) is 36.4 Å². The molecule has 24 heavy (non-hydrogen) atoms. The Labute approximate surface area is 141 Å². The summed E-state index contributed by atoms with van der Waals surface area (Å²) in [4.78, 5) is 18.0. The first-order valence-corrected chi connectivity index (χ1v) is 8.23. The van der Waals surface area contributed by atoms with Crippen molar-refractivity contribution in [2.24, 2.45) is 0 Å². The molecule has 0 bridgehead atoms. The summed E-state index contributed by atoms with van der Waals surface area (Å²) in [5.74, 6) is 0.0117. The SMILES string of the molecule is COc1ccccc1C(c1ccncc1)N1CCCCC1C(=O)O. The van der Waals surface area contributed by atoms with E-state index >= 15 is 0 Å². The Morgan fingerprint density at radius 3 is 2.71 bits per heavy atom. The molecular formula is C19H22N2O3. The first kappa shape index (κ1) is 16.5. The van der Waals surface area contributed by atoms with E-state index in [1.165, 1.54) is 0 Å². The number of methoxy groups -OCH3 is 1. The molecule has 0 spiro atoms. The van der Waals surface area contributed by atoms with Crippen LogP contribution < -0.4 is 4.74 Å². The molecule has 1 aromatic carbocycles. The first-order chi connectivity index (χ1) is 11.7. The normalized spacial score (nSPS) is 19.6. The Morgan fingerprint density at radius 2 is 2.00 bits per heavy atom. The number of piperidine rings is 1. The van der Waals surface area contributed by atoms with Gasteiger partial charge in [0.15, 0.2) is 0 Å². The highest BCUT2D eigenvalue weighted by molar-refractivity contribution is 5.73. The zero-order valence-electron chi connectivity index (χ0n) is 13.8. The Bertz CT molecular complexity index is 690. The number of hydrogen-bond acceptors (Lipinski definition) is 4. The zero-order chi connectivity index (χ0) is 16.9. The molecule has 1 fully saturated rings. The highest BCUT2D eigenvalue weighted by Gasteiger charge is 2.36. The highest BCUT2D eigenvalue weighted by Crippen LogP contribution is 2.38. The summed E-state index contributed by atoms with van der Waals surface area (Å²) in [5.41, 5.74) is 2.02. The van der Waals surface area contributed by atoms with E-state index in [2.05, 4.69) is 9.88 Å². The number of hydrogen-bond donors (Lipinski definition) is 1. The molecule has 1 aromatic heterocycles. The molecule has 1 N–H and O–H groups in total. The second-order valence-electron chi connectivity index (χ2n) is 6.01. The third kappa shape index (κ3) is 3.26. The van der Waals surface area contributed by atoms with E-state index in [-0.39, 0.29) is 6.04 Å². The van der Waals surface area contributed by atoms with Crippen molar-refractivity contribution in [2.75, 3.05) is 13.7 Å². The number of carbonyl (C=O) groups is 1. The summed E-state index contributed by atoms with van der Waals surface area (Å²) in [6.07, 6.45) is 6.12. The number of benzene rings is 1. The predicted octanol–water partition coefficient (Wildman–Crippen LogP) is 3.12. The standard InChI is InChI=1S/C19H22N2O3/c1-24-17-8-3-2-6-15(17)18(14-9-11-20-12-10-14)21-13-5-4-7-16(21)19(22)23/h2-3,6,8-12,16,18H,4-5,7,13H2,1H3,(H,22,23). The van der Waals surface area contributed by atoms with E-state index in [0.717, 1.165) is 36.3 Å². The smallest absolute Gasteiger partial charge is 0.320 e. The van der Waals surface area contributed by atoms with E-state index in [4.69, 9.17) is 4.74 Å². The molecule has 0 saturated carbocycles. The highest BCUT2D eigenvalue weighted by atomic mass is 16.5. The lowest BCUT2D eigenvalue weighted by Crippen LogP contribution is -2.46. The molecular weight excluding hydrogens is 304 g/mol. The van der Waals surface area contributed by atoms with Gasteiger partial charge in [-0.05, 0) is 43.1 Å². The van der Waals surface area contributed by atoms with Gasteiger partial charge in [0.05, 0.1) is 13.2 Å². The van der Waals surface area contributed by atoms with E-state index in [0.29, 0.717) is 6.42 Å². The minimum atomic E-state index is -0.761. The third-order valence-electron chi connectivity index (χ3n) is 4.62. The van der Waals surface area contributed by atoms with Crippen molar-refractivity contribution < 1.29 is 14.6 Å². The summed E-state index contributed by atoms with van der Waals surface area (Å²) in [5, 5.41) is 9.69. The van der Waals surface area contributed by atoms with E-state index < -0.39 is 12.0 Å². The van der Waals surface area contributed by atoms with Crippen LogP contribution in [-0.4, -0.2) is 40.7 Å². The van der Waals surface area contributed by atoms with Gasteiger partial charge in [0.1, 0.15) is 11.8 Å². The predicted molar refractivity (Wildman–Crippen MR) is 91.1 cm³/mol. The molecule has 126 valence electrons. The van der Waals surface area contributed by atoms with Gasteiger partial charge in [-0.3, -0.25) is 14.7 Å². The second-order valence-corrected chi connectivity index (χ2v) is 6.01. The van der Waals surface area contributed by atoms with Gasteiger partial charge in [-0.15, -0.1) is 0 Å². The van der Waals surface area contributed by atoms with Gasteiger partial charge >= 0.3 is 5.97 Å². The van der Waals surface area contributed by atoms with Gasteiger partial charge in [-0.1, -0.05) is 24.6 Å². The van der Waals surface area contributed by atoms with Crippen molar-refractivity contribution in [3.63, 3.8) is 0 Å². The van der Waals surface area contributed by atoms with Gasteiger partial charge in [0, 0.05) is 18.0 Å². The fourth-order valence-corrected chi connectivity index (χ4v) is 3.52. The topological polar surface area (TPSA) is 62.7 Å². The summed E-state index contributed by atoms with van der Waals surface area (Å²) >= 11 is 0. The maximum Gasteiger partial charge on any atom is 0.320 e. The monoisotopic (exact) mass is 326 g/mol. The lowest BCUT2D eigenvalue weighted by Gasteiger charge is -2.40. The molecule has 0 aliphatic carbocycles. The van der Waals surface area contributed by atoms with Crippen LogP contribution in [0.5, 0.6) is 5.75 Å². The first-order valence-electron chi connectivity index (χ1n) is 8.23. The maximum absolute atomic E-state index is 11.8. The number of carboxylic acids is 1. The molecule has 2 unspecified atom stereocenters. The fraction of sp³-hybridized carbons (Fsp3) is 0.368. The second kappa shape index (κ2) is 7.45. The molecule has 1 aliphatic heterocycles. The lowest BCUT2D eigenvalue weighted by atomic mass is 9.91. The Kier molecular flexibility index (Phi) is 5.11. The van der Waals surface area contributed by atoms with Gasteiger partial charge in [0.25, 0.3) is 0 Å². The largest absolute Gasteiger partial charge is 0.496 e. The molecule has 0 radical (unpaired) electrons. The minimum absolute atomic E-state index is 0.162. The Morgan fingerprint density at radius 1 is 1.25 bits per heavy atom. The number of rotatable bonds is 5. The number of aliphatic carboxylic acids is 1. The Balaban J connectivity index is 2.10. The number of para-hydroxylation sites is 1. The van der Waals surface area contributed by atoms with Gasteiger partial charge in [-0.25, -0.2) is 0 Å². The third-order valence-corrected chi connectivity index (χ3v) is 4.62. The molecule has 3 rings (SSSR count). The number of carboxylic acid groups (broad SMARTS) is 1. The van der Waals surface area contributed by atoms with Crippen LogP contribution in [0.15, 0.2) is 48.8 Å². The molecule has 1 saturated heterocycles. The van der Waals surface area contributed by atoms with Crippen molar-refractivity contribution in [3.8, 4) is 5.75 Å². The number of ether oxygens (including phenoxy) is 1. The molecule has 0 amide bonds. The van der Waals surface area contributed by atoms with Crippen LogP contribution in [0.3, 0.4) is 0 Å². The van der Waals surface area contributed by atoms with Crippen molar-refractivity contribution in [1.82, 2.24) is 9.88 Å². The summed E-state index contributed by atoms with van der Waals surface area (Å²) in [7, 11) is 1.65. The van der Waals surface area contributed by atoms with Gasteiger partial charge in [0.2, 0.25) is 0 Å². The van der Waals surface area contributed by atoms with Crippen LogP contribution >= 0.6 is 0 Å². The molecule has 2 aromatic rings. The van der Waals surface area contributed by atoms with E-state index in [9.17, 15) is 9.90 Å². The summed E-state index contributed by atoms with van der Waals surface area (Å²) < 4.78 is 5.54. The number of pyridine rings is 1. The molecule has 2 heterocycles. The van der Waals surface area contributed by atoms with Gasteiger partial charge in [-0.2, -0.15) is 0 Å². The average Bonchev–Trinajstić information content (AvgIpc) is 2.63. The van der Waals surface area contributed by atoms with Gasteiger partial charge < -0.3 is 9.84 Å². The quantitative estimate of drug-likeness (QED) is 0.914. The minimum Gasteiger partial charge on any atom is -0.496 e. The summed E-state index contributed by atoms with van der Waals surface area (Å²) in [6.45, 7) is 0.752. The van der Waals surface area contributed by atoms with Crippen LogP contribution in [0.25, 0.3) is 0 Å². The van der Waals surface area contributed by atoms with Crippen molar-refractivity contribution in [2.45, 2.75) is 31.3 Å². The molecule has 5 heteroatoms. The fourth-order valence-electron chi connectivity index (χ4n) is 3.52. The van der Waals surface area contributed by atoms with Crippen LogP contribution in [0, 0.1) is 0 Å². The molecule has 2 atom stereocenters.